The van der Waals surface area contributed by atoms with Gasteiger partial charge in [-0.3, -0.25) is 4.89 Å². The number of phosphoric acid groups is 2. The van der Waals surface area contributed by atoms with Gasteiger partial charge in [-0.2, -0.15) is 4.31 Å². The second-order valence-corrected chi connectivity index (χ2v) is 16.5. The summed E-state index contributed by atoms with van der Waals surface area (Å²) in [5.74, 6) is -0.0194. The van der Waals surface area contributed by atoms with Gasteiger partial charge in [0.25, 0.3) is 0 Å². The molecule has 0 aliphatic carbocycles. The average molecular weight is 747 g/mol. The van der Waals surface area contributed by atoms with Crippen molar-refractivity contribution in [1.29, 1.82) is 0 Å². The van der Waals surface area contributed by atoms with Crippen molar-refractivity contribution in [2.75, 3.05) is 0 Å². The molecule has 6 aromatic carbocycles. The Kier molecular flexibility index (Phi) is 10.6. The first-order valence-corrected chi connectivity index (χ1v) is 20.4. The molecular formula is C44H44O7P2. The third kappa shape index (κ3) is 7.47. The predicted octanol–water partition coefficient (Wildman–Crippen LogP) is 12.1. The van der Waals surface area contributed by atoms with E-state index in [1.54, 1.807) is 0 Å². The minimum absolute atomic E-state index is 0.0194. The molecule has 1 atom stereocenters. The van der Waals surface area contributed by atoms with Crippen LogP contribution in [0.3, 0.4) is 0 Å². The van der Waals surface area contributed by atoms with Gasteiger partial charge in [0.1, 0.15) is 5.75 Å². The highest BCUT2D eigenvalue weighted by atomic mass is 31.3. The van der Waals surface area contributed by atoms with Crippen LogP contribution in [-0.4, -0.2) is 14.7 Å². The maximum Gasteiger partial charge on any atom is 0.536 e. The third-order valence-corrected chi connectivity index (χ3v) is 11.9. The summed E-state index contributed by atoms with van der Waals surface area (Å²) in [4.78, 5) is 31.1. The minimum Gasteiger partial charge on any atom is -0.402 e. The molecule has 0 radical (unpaired) electrons. The van der Waals surface area contributed by atoms with E-state index >= 15 is 0 Å². The van der Waals surface area contributed by atoms with Crippen LogP contribution < -0.4 is 4.52 Å². The highest BCUT2D eigenvalue weighted by Crippen LogP contribution is 2.64. The van der Waals surface area contributed by atoms with Crippen molar-refractivity contribution in [1.82, 2.24) is 0 Å². The van der Waals surface area contributed by atoms with Gasteiger partial charge >= 0.3 is 15.6 Å². The summed E-state index contributed by atoms with van der Waals surface area (Å²) in [6, 6.07) is 34.1. The summed E-state index contributed by atoms with van der Waals surface area (Å²) in [5.41, 5.74) is 15.0. The molecule has 7 nitrogen and oxygen atoms in total. The van der Waals surface area contributed by atoms with Gasteiger partial charge in [-0.25, -0.2) is 9.13 Å². The molecule has 0 spiro atoms. The number of benzene rings is 6. The molecule has 1 unspecified atom stereocenters. The monoisotopic (exact) mass is 746 g/mol. The molecule has 6 aromatic rings. The molecule has 0 fully saturated rings. The van der Waals surface area contributed by atoms with E-state index in [1.165, 1.54) is 0 Å². The fraction of sp³-hybridized carbons (Fsp3) is 0.182. The number of aryl methyl sites for hydroxylation is 8. The van der Waals surface area contributed by atoms with Crippen LogP contribution in [0, 0.1) is 55.4 Å². The highest BCUT2D eigenvalue weighted by Gasteiger charge is 2.39. The van der Waals surface area contributed by atoms with Crippen LogP contribution in [0.1, 0.15) is 44.5 Å². The van der Waals surface area contributed by atoms with Crippen LogP contribution in [0.5, 0.6) is 5.75 Å². The van der Waals surface area contributed by atoms with Crippen LogP contribution in [0.25, 0.3) is 55.6 Å². The molecular weight excluding hydrogens is 702 g/mol. The normalized spacial score (nSPS) is 12.8. The van der Waals surface area contributed by atoms with Crippen LogP contribution in [-0.2, 0) is 13.4 Å². The molecule has 272 valence electrons. The second kappa shape index (κ2) is 14.7. The van der Waals surface area contributed by atoms with E-state index in [2.05, 4.69) is 16.4 Å². The van der Waals surface area contributed by atoms with E-state index in [1.807, 2.05) is 146 Å². The maximum atomic E-state index is 14.0. The van der Waals surface area contributed by atoms with Crippen molar-refractivity contribution in [3.8, 4) is 61.4 Å². The van der Waals surface area contributed by atoms with E-state index in [0.717, 1.165) is 89.0 Å². The Morgan fingerprint density at radius 3 is 0.981 bits per heavy atom. The van der Waals surface area contributed by atoms with Gasteiger partial charge in [0, 0.05) is 22.3 Å². The van der Waals surface area contributed by atoms with E-state index in [0.29, 0.717) is 11.1 Å². The van der Waals surface area contributed by atoms with Crippen molar-refractivity contribution in [3.63, 3.8) is 0 Å². The van der Waals surface area contributed by atoms with Crippen molar-refractivity contribution < 1.29 is 32.6 Å². The molecule has 0 heterocycles. The highest BCUT2D eigenvalue weighted by molar-refractivity contribution is 7.60. The molecule has 0 saturated carbocycles. The first-order chi connectivity index (χ1) is 25.0. The van der Waals surface area contributed by atoms with Gasteiger partial charge in [0.2, 0.25) is 0 Å². The molecule has 53 heavy (non-hydrogen) atoms. The number of hydrogen-bond acceptors (Lipinski definition) is 4. The summed E-state index contributed by atoms with van der Waals surface area (Å²) in [6.07, 6.45) is 0. The Hall–Kier alpha value is -4.58. The first-order valence-electron chi connectivity index (χ1n) is 17.4. The predicted molar refractivity (Wildman–Crippen MR) is 215 cm³/mol. The molecule has 0 bridgehead atoms. The quantitative estimate of drug-likeness (QED) is 0.126. The topological polar surface area (TPSA) is 113 Å². The van der Waals surface area contributed by atoms with Gasteiger partial charge < -0.3 is 14.3 Å². The summed E-state index contributed by atoms with van der Waals surface area (Å²) < 4.78 is 37.1. The number of rotatable bonds is 9. The molecule has 0 amide bonds. The van der Waals surface area contributed by atoms with E-state index in [4.69, 9.17) is 4.52 Å². The Morgan fingerprint density at radius 2 is 0.679 bits per heavy atom. The zero-order valence-electron chi connectivity index (χ0n) is 31.2. The Bertz CT molecular complexity index is 2270. The van der Waals surface area contributed by atoms with Gasteiger partial charge in [0.15, 0.2) is 0 Å². The van der Waals surface area contributed by atoms with E-state index in [9.17, 15) is 23.8 Å². The zero-order valence-corrected chi connectivity index (χ0v) is 33.0. The molecule has 6 rings (SSSR count). The fourth-order valence-corrected chi connectivity index (χ4v) is 9.41. The number of phosphoric ester groups is 1. The zero-order chi connectivity index (χ0) is 38.4. The van der Waals surface area contributed by atoms with Crippen LogP contribution >= 0.6 is 15.6 Å². The molecule has 0 aliphatic heterocycles. The summed E-state index contributed by atoms with van der Waals surface area (Å²) in [6.45, 7) is 16.1. The summed E-state index contributed by atoms with van der Waals surface area (Å²) in [5, 5.41) is 0. The largest absolute Gasteiger partial charge is 0.536 e. The van der Waals surface area contributed by atoms with Gasteiger partial charge in [-0.1, -0.05) is 103 Å². The molecule has 9 heteroatoms. The number of hydrogen-bond donors (Lipinski definition) is 3. The van der Waals surface area contributed by atoms with Gasteiger partial charge in [0.05, 0.1) is 0 Å². The maximum absolute atomic E-state index is 14.0. The second-order valence-electron chi connectivity index (χ2n) is 13.8. The van der Waals surface area contributed by atoms with Crippen molar-refractivity contribution in [3.05, 3.63) is 148 Å². The Balaban J connectivity index is 2.09. The fourth-order valence-electron chi connectivity index (χ4n) is 7.79. The lowest BCUT2D eigenvalue weighted by molar-refractivity contribution is 0.230. The van der Waals surface area contributed by atoms with Gasteiger partial charge in [-0.05, 0) is 133 Å². The van der Waals surface area contributed by atoms with Crippen LogP contribution in [0.2, 0.25) is 0 Å². The standard InChI is InChI=1S/C44H44O7P2/c1-26-16-12-17-27(2)35(26)40-39(34-24-10-9-11-25-34)41(36-28(3)18-13-19-29(36)4)43(38-32(7)22-15-23-33(38)8)44(50-53(48,49)51-52(45,46)47)42(40)37-30(5)20-14-21-31(37)6/h9-25H,1-8H3,(H,48,49)(H2,45,46,47). The summed E-state index contributed by atoms with van der Waals surface area (Å²) >= 11 is 0. The summed E-state index contributed by atoms with van der Waals surface area (Å²) in [7, 11) is -11.0. The van der Waals surface area contributed by atoms with Crippen molar-refractivity contribution in [2.24, 2.45) is 0 Å². The SMILES string of the molecule is Cc1cccc(C)c1-c1c(OP(=O)(O)OP(=O)(O)O)c(-c2c(C)cccc2C)c(-c2c(C)cccc2C)c(-c2ccccc2)c1-c1c(C)cccc1C. The minimum atomic E-state index is -5.51. The molecule has 0 saturated heterocycles. The molecule has 3 N–H and O–H groups in total. The van der Waals surface area contributed by atoms with Crippen molar-refractivity contribution in [2.45, 2.75) is 55.4 Å². The van der Waals surface area contributed by atoms with Gasteiger partial charge in [-0.15, -0.1) is 0 Å². The van der Waals surface area contributed by atoms with E-state index in [-0.39, 0.29) is 5.75 Å². The van der Waals surface area contributed by atoms with Crippen LogP contribution in [0.15, 0.2) is 103 Å². The van der Waals surface area contributed by atoms with Crippen LogP contribution in [0.4, 0.5) is 0 Å². The lowest BCUT2D eigenvalue weighted by Crippen LogP contribution is -2.08. The smallest absolute Gasteiger partial charge is 0.402 e. The molecule has 0 aromatic heterocycles. The lowest BCUT2D eigenvalue weighted by Gasteiger charge is -2.32. The average Bonchev–Trinajstić information content (AvgIpc) is 3.05. The lowest BCUT2D eigenvalue weighted by atomic mass is 9.73. The first kappa shape index (κ1) is 38.2. The Labute approximate surface area is 311 Å². The van der Waals surface area contributed by atoms with Crippen molar-refractivity contribution >= 4 is 15.6 Å². The Morgan fingerprint density at radius 1 is 0.377 bits per heavy atom. The van der Waals surface area contributed by atoms with E-state index < -0.39 is 15.6 Å². The third-order valence-electron chi connectivity index (χ3n) is 9.86. The molecule has 0 aliphatic rings.